The Balaban J connectivity index is 2.08. The summed E-state index contributed by atoms with van der Waals surface area (Å²) in [5.74, 6) is -1.77. The molecule has 0 atom stereocenters. The second-order valence-corrected chi connectivity index (χ2v) is 9.61. The minimum atomic E-state index is -1.91. The summed E-state index contributed by atoms with van der Waals surface area (Å²) in [5, 5.41) is 0.517. The van der Waals surface area contributed by atoms with Crippen LogP contribution < -0.4 is 0 Å². The van der Waals surface area contributed by atoms with Crippen molar-refractivity contribution < 1.29 is 32.7 Å². The first-order valence-electron chi connectivity index (χ1n) is 5.48. The Morgan fingerprint density at radius 3 is 2.20 bits per heavy atom. The van der Waals surface area contributed by atoms with Gasteiger partial charge in [0.1, 0.15) is 0 Å². The quantitative estimate of drug-likeness (QED) is 0.572. The Labute approximate surface area is 127 Å². The molecule has 0 aliphatic carbocycles. The SMILES string of the molecule is O=C(ON1C(=O)CCC1=O)c1ccc([CH]=[Ru]([Cl])[Cl])cc1. The molecule has 0 radical (unpaired) electrons. The second kappa shape index (κ2) is 6.57. The number of carbonyl (C=O) groups excluding carboxylic acids is 3. The van der Waals surface area contributed by atoms with Gasteiger partial charge in [-0.25, -0.2) is 0 Å². The molecule has 1 heterocycles. The number of amides is 2. The molecule has 108 valence electrons. The van der Waals surface area contributed by atoms with Gasteiger partial charge in [-0.1, -0.05) is 0 Å². The molecule has 20 heavy (non-hydrogen) atoms. The van der Waals surface area contributed by atoms with Gasteiger partial charge in [0.15, 0.2) is 0 Å². The molecule has 2 rings (SSSR count). The zero-order valence-electron chi connectivity index (χ0n) is 9.99. The average Bonchev–Trinajstić information content (AvgIpc) is 2.70. The molecule has 0 bridgehead atoms. The number of hydrogen-bond acceptors (Lipinski definition) is 4. The molecule has 2 amide bonds. The van der Waals surface area contributed by atoms with Crippen LogP contribution in [-0.4, -0.2) is 27.5 Å². The summed E-state index contributed by atoms with van der Waals surface area (Å²) in [5.41, 5.74) is 1.04. The Kier molecular flexibility index (Phi) is 5.02. The summed E-state index contributed by atoms with van der Waals surface area (Å²) in [7, 11) is 11.5. The van der Waals surface area contributed by atoms with E-state index in [0.29, 0.717) is 5.06 Å². The third kappa shape index (κ3) is 3.72. The first-order valence-corrected chi connectivity index (χ1v) is 11.0. The number of halogens is 2. The van der Waals surface area contributed by atoms with Crippen LogP contribution in [0, 0.1) is 0 Å². The molecule has 0 spiro atoms. The van der Waals surface area contributed by atoms with Gasteiger partial charge in [0.05, 0.1) is 0 Å². The molecular weight excluding hydrogens is 394 g/mol. The van der Waals surface area contributed by atoms with Crippen LogP contribution in [0.1, 0.15) is 28.8 Å². The van der Waals surface area contributed by atoms with E-state index in [4.69, 9.17) is 24.2 Å². The van der Waals surface area contributed by atoms with Crippen molar-refractivity contribution in [3.63, 3.8) is 0 Å². The fourth-order valence-electron chi connectivity index (χ4n) is 1.57. The van der Waals surface area contributed by atoms with Crippen LogP contribution in [0.25, 0.3) is 0 Å². The number of nitrogens with zero attached hydrogens (tertiary/aromatic N) is 1. The van der Waals surface area contributed by atoms with Gasteiger partial charge in [-0.2, -0.15) is 0 Å². The standard InChI is InChI=1S/C12H9NO4.2ClH.Ru/c1-8-2-4-9(5-3-8)12(16)17-13-10(14)6-7-11(13)15;;;/h1-5H,6-7H2;2*1H;/q;;;+2/p-2. The Morgan fingerprint density at radius 1 is 1.15 bits per heavy atom. The monoisotopic (exact) mass is 403 g/mol. The molecule has 1 aliphatic heterocycles. The van der Waals surface area contributed by atoms with Crippen molar-refractivity contribution in [2.45, 2.75) is 12.8 Å². The van der Waals surface area contributed by atoms with Gasteiger partial charge in [0.2, 0.25) is 0 Å². The van der Waals surface area contributed by atoms with Crippen molar-refractivity contribution in [3.8, 4) is 0 Å². The molecule has 0 unspecified atom stereocenters. The van der Waals surface area contributed by atoms with E-state index in [1.54, 1.807) is 16.7 Å². The van der Waals surface area contributed by atoms with Gasteiger partial charge >= 0.3 is 128 Å². The summed E-state index contributed by atoms with van der Waals surface area (Å²) in [6.07, 6.45) is 0.134. The zero-order valence-corrected chi connectivity index (χ0v) is 13.2. The molecule has 1 aliphatic rings. The minimum absolute atomic E-state index is 0.0671. The Morgan fingerprint density at radius 2 is 1.70 bits per heavy atom. The third-order valence-corrected chi connectivity index (χ3v) is 4.39. The van der Waals surface area contributed by atoms with Gasteiger partial charge in [0.25, 0.3) is 0 Å². The molecular formula is C12H9Cl2NO4Ru. The van der Waals surface area contributed by atoms with E-state index in [2.05, 4.69) is 0 Å². The number of hydrogen-bond donors (Lipinski definition) is 0. The molecule has 1 aromatic carbocycles. The Hall–Kier alpha value is -1.10. The zero-order chi connectivity index (χ0) is 14.7. The first-order chi connectivity index (χ1) is 9.47. The fraction of sp³-hybridized carbons (Fsp3) is 0.167. The molecule has 0 aromatic heterocycles. The van der Waals surface area contributed by atoms with Crippen molar-refractivity contribution in [2.75, 3.05) is 0 Å². The molecule has 1 fully saturated rings. The molecule has 1 saturated heterocycles. The van der Waals surface area contributed by atoms with Gasteiger partial charge < -0.3 is 0 Å². The number of carbonyl (C=O) groups is 3. The summed E-state index contributed by atoms with van der Waals surface area (Å²) < 4.78 is 1.73. The van der Waals surface area contributed by atoms with E-state index >= 15 is 0 Å². The van der Waals surface area contributed by atoms with Crippen molar-refractivity contribution in [1.29, 1.82) is 0 Å². The van der Waals surface area contributed by atoms with Crippen LogP contribution in [0.15, 0.2) is 24.3 Å². The van der Waals surface area contributed by atoms with Crippen LogP contribution in [0.5, 0.6) is 0 Å². The predicted octanol–water partition coefficient (Wildman–Crippen LogP) is 1.98. The van der Waals surface area contributed by atoms with E-state index in [1.807, 2.05) is 0 Å². The van der Waals surface area contributed by atoms with Crippen LogP contribution in [-0.2, 0) is 27.9 Å². The third-order valence-electron chi connectivity index (χ3n) is 2.52. The first kappa shape index (κ1) is 15.3. The van der Waals surface area contributed by atoms with E-state index in [-0.39, 0.29) is 18.4 Å². The normalized spacial score (nSPS) is 15.3. The van der Waals surface area contributed by atoms with Crippen LogP contribution in [0.3, 0.4) is 0 Å². The van der Waals surface area contributed by atoms with Crippen LogP contribution in [0.4, 0.5) is 0 Å². The fourth-order valence-corrected chi connectivity index (χ4v) is 3.40. The molecule has 5 nitrogen and oxygen atoms in total. The predicted molar refractivity (Wildman–Crippen MR) is 69.8 cm³/mol. The van der Waals surface area contributed by atoms with E-state index in [9.17, 15) is 14.4 Å². The van der Waals surface area contributed by atoms with Crippen LogP contribution >= 0.6 is 19.4 Å². The Bertz CT molecular complexity index is 580. The van der Waals surface area contributed by atoms with Crippen molar-refractivity contribution in [1.82, 2.24) is 5.06 Å². The second-order valence-electron chi connectivity index (χ2n) is 3.89. The molecule has 1 aromatic rings. The topological polar surface area (TPSA) is 63.7 Å². The maximum atomic E-state index is 11.8. The van der Waals surface area contributed by atoms with E-state index < -0.39 is 31.3 Å². The van der Waals surface area contributed by atoms with Gasteiger partial charge in [0, 0.05) is 0 Å². The number of rotatable bonds is 3. The van der Waals surface area contributed by atoms with E-state index in [0.717, 1.165) is 5.56 Å². The maximum absolute atomic E-state index is 11.8. The summed E-state index contributed by atoms with van der Waals surface area (Å²) in [6.45, 7) is 0. The number of imide groups is 1. The average molecular weight is 403 g/mol. The molecule has 8 heteroatoms. The van der Waals surface area contributed by atoms with Gasteiger partial charge in [-0.3, -0.25) is 0 Å². The summed E-state index contributed by atoms with van der Waals surface area (Å²) in [6, 6.07) is 6.36. The van der Waals surface area contributed by atoms with Crippen molar-refractivity contribution >= 4 is 41.8 Å². The van der Waals surface area contributed by atoms with Gasteiger partial charge in [-0.05, 0) is 0 Å². The summed E-state index contributed by atoms with van der Waals surface area (Å²) in [4.78, 5) is 39.2. The van der Waals surface area contributed by atoms with E-state index in [1.165, 1.54) is 12.1 Å². The molecule has 0 N–H and O–H groups in total. The van der Waals surface area contributed by atoms with Gasteiger partial charge in [-0.15, -0.1) is 0 Å². The van der Waals surface area contributed by atoms with Crippen molar-refractivity contribution in [3.05, 3.63) is 35.4 Å². The van der Waals surface area contributed by atoms with Crippen LogP contribution in [0.2, 0.25) is 0 Å². The number of benzene rings is 1. The summed E-state index contributed by atoms with van der Waals surface area (Å²) >= 11 is -1.91. The number of hydroxylamine groups is 2. The van der Waals surface area contributed by atoms with Crippen molar-refractivity contribution in [2.24, 2.45) is 0 Å². The molecule has 0 saturated carbocycles.